The molecule has 0 aliphatic heterocycles. The smallest absolute Gasteiger partial charge is 0.226 e. The van der Waals surface area contributed by atoms with E-state index in [9.17, 15) is 4.79 Å². The number of alkyl halides is 1. The number of carbonyl (C=O) groups is 1. The predicted octanol–water partition coefficient (Wildman–Crippen LogP) is 2.36. The van der Waals surface area contributed by atoms with E-state index < -0.39 is 0 Å². The molecule has 0 aliphatic carbocycles. The number of carbonyl (C=O) groups excluding carboxylic acids is 1. The third-order valence-corrected chi connectivity index (χ3v) is 3.04. The van der Waals surface area contributed by atoms with Gasteiger partial charge in [0.25, 0.3) is 0 Å². The number of hydrogen-bond donors (Lipinski definition) is 0. The lowest BCUT2D eigenvalue weighted by atomic mass is 10.0. The van der Waals surface area contributed by atoms with Crippen LogP contribution in [0.2, 0.25) is 0 Å². The summed E-state index contributed by atoms with van der Waals surface area (Å²) in [6.07, 6.45) is 0. The maximum Gasteiger partial charge on any atom is 0.226 e. The number of halogens is 1. The highest BCUT2D eigenvalue weighted by Gasteiger charge is 2.22. The first kappa shape index (κ1) is 12.8. The van der Waals surface area contributed by atoms with Gasteiger partial charge in [-0.15, -0.1) is 11.6 Å². The molecule has 0 saturated carbocycles. The van der Waals surface area contributed by atoms with Crippen LogP contribution in [0.4, 0.5) is 0 Å². The van der Waals surface area contributed by atoms with Crippen molar-refractivity contribution in [3.8, 4) is 0 Å². The van der Waals surface area contributed by atoms with Gasteiger partial charge in [0.05, 0.1) is 0 Å². The van der Waals surface area contributed by atoms with Crippen LogP contribution in [0.25, 0.3) is 0 Å². The number of hydrogen-bond acceptors (Lipinski definition) is 1. The molecule has 78 valence electrons. The van der Waals surface area contributed by atoms with E-state index in [-0.39, 0.29) is 17.9 Å². The average Bonchev–Trinajstić information content (AvgIpc) is 2.12. The topological polar surface area (TPSA) is 20.3 Å². The van der Waals surface area contributed by atoms with Crippen LogP contribution in [-0.4, -0.2) is 29.8 Å². The van der Waals surface area contributed by atoms with E-state index in [1.807, 2.05) is 14.0 Å². The summed E-state index contributed by atoms with van der Waals surface area (Å²) >= 11 is 5.63. The Kier molecular flexibility index (Phi) is 5.38. The minimum Gasteiger partial charge on any atom is -0.343 e. The monoisotopic (exact) mass is 205 g/mol. The first-order valence-corrected chi connectivity index (χ1v) is 5.27. The van der Waals surface area contributed by atoms with Gasteiger partial charge < -0.3 is 4.90 Å². The molecule has 0 heterocycles. The Labute approximate surface area is 86.2 Å². The number of amides is 1. The molecule has 2 atom stereocenters. The van der Waals surface area contributed by atoms with Crippen LogP contribution < -0.4 is 0 Å². The number of nitrogens with zero attached hydrogens (tertiary/aromatic N) is 1. The summed E-state index contributed by atoms with van der Waals surface area (Å²) in [5.74, 6) is 0.939. The van der Waals surface area contributed by atoms with Crippen molar-refractivity contribution >= 4 is 17.5 Å². The lowest BCUT2D eigenvalue weighted by molar-refractivity contribution is -0.135. The van der Waals surface area contributed by atoms with Crippen molar-refractivity contribution in [1.82, 2.24) is 4.90 Å². The zero-order valence-electron chi connectivity index (χ0n) is 9.17. The van der Waals surface area contributed by atoms with E-state index >= 15 is 0 Å². The highest BCUT2D eigenvalue weighted by molar-refractivity contribution is 6.19. The fraction of sp³-hybridized carbons (Fsp3) is 0.900. The summed E-state index contributed by atoms with van der Waals surface area (Å²) in [6, 6.07) is 0.276. The highest BCUT2D eigenvalue weighted by atomic mass is 35.5. The first-order valence-electron chi connectivity index (χ1n) is 4.74. The van der Waals surface area contributed by atoms with Gasteiger partial charge in [-0.3, -0.25) is 4.79 Å². The van der Waals surface area contributed by atoms with Crippen molar-refractivity contribution in [3.05, 3.63) is 0 Å². The molecular formula is C10H20ClNO. The fourth-order valence-corrected chi connectivity index (χ4v) is 1.19. The van der Waals surface area contributed by atoms with Gasteiger partial charge in [0.2, 0.25) is 5.91 Å². The second-order valence-electron chi connectivity index (χ2n) is 3.99. The van der Waals surface area contributed by atoms with E-state index in [2.05, 4.69) is 20.8 Å². The summed E-state index contributed by atoms with van der Waals surface area (Å²) in [5.41, 5.74) is 0. The molecule has 2 unspecified atom stereocenters. The second kappa shape index (κ2) is 5.48. The molecule has 0 fully saturated rings. The van der Waals surface area contributed by atoms with Gasteiger partial charge in [-0.2, -0.15) is 0 Å². The molecular weight excluding hydrogens is 186 g/mol. The van der Waals surface area contributed by atoms with Crippen molar-refractivity contribution in [3.63, 3.8) is 0 Å². The zero-order chi connectivity index (χ0) is 10.6. The largest absolute Gasteiger partial charge is 0.343 e. The Balaban J connectivity index is 4.25. The quantitative estimate of drug-likeness (QED) is 0.646. The highest BCUT2D eigenvalue weighted by Crippen LogP contribution is 2.12. The molecule has 0 spiro atoms. The van der Waals surface area contributed by atoms with Crippen LogP contribution in [-0.2, 0) is 4.79 Å². The zero-order valence-corrected chi connectivity index (χ0v) is 9.93. The van der Waals surface area contributed by atoms with E-state index in [1.54, 1.807) is 4.90 Å². The molecule has 0 N–H and O–H groups in total. The summed E-state index contributed by atoms with van der Waals surface area (Å²) < 4.78 is 0. The van der Waals surface area contributed by atoms with Gasteiger partial charge in [0.15, 0.2) is 0 Å². The van der Waals surface area contributed by atoms with Crippen LogP contribution in [0.5, 0.6) is 0 Å². The van der Waals surface area contributed by atoms with Gasteiger partial charge in [-0.25, -0.2) is 0 Å². The summed E-state index contributed by atoms with van der Waals surface area (Å²) in [4.78, 5) is 13.5. The maximum absolute atomic E-state index is 11.7. The second-order valence-corrected chi connectivity index (χ2v) is 4.30. The molecule has 3 heteroatoms. The van der Waals surface area contributed by atoms with E-state index in [4.69, 9.17) is 11.6 Å². The Hall–Kier alpha value is -0.240. The molecule has 0 aromatic rings. The molecule has 1 amide bonds. The van der Waals surface area contributed by atoms with Crippen LogP contribution in [0.1, 0.15) is 27.7 Å². The van der Waals surface area contributed by atoms with Gasteiger partial charge >= 0.3 is 0 Å². The molecule has 0 aliphatic rings. The first-order chi connectivity index (χ1) is 5.91. The standard InChI is InChI=1S/C10H20ClNO/c1-7(2)9(4)12(5)10(13)8(3)6-11/h7-9H,6H2,1-5H3. The van der Waals surface area contributed by atoms with Crippen molar-refractivity contribution in [1.29, 1.82) is 0 Å². The maximum atomic E-state index is 11.7. The van der Waals surface area contributed by atoms with Gasteiger partial charge in [-0.05, 0) is 12.8 Å². The molecule has 0 rings (SSSR count). The molecule has 0 aromatic heterocycles. The molecule has 0 aromatic carbocycles. The Morgan fingerprint density at radius 3 is 2.08 bits per heavy atom. The summed E-state index contributed by atoms with van der Waals surface area (Å²) in [6.45, 7) is 8.14. The Bertz CT molecular complexity index is 170. The lowest BCUT2D eigenvalue weighted by Crippen LogP contribution is -2.41. The van der Waals surface area contributed by atoms with E-state index in [0.717, 1.165) is 0 Å². The van der Waals surface area contributed by atoms with E-state index in [0.29, 0.717) is 11.8 Å². The molecule has 0 bridgehead atoms. The minimum atomic E-state index is -0.0760. The van der Waals surface area contributed by atoms with Gasteiger partial charge in [-0.1, -0.05) is 20.8 Å². The molecule has 0 saturated heterocycles. The molecule has 13 heavy (non-hydrogen) atoms. The number of rotatable bonds is 4. The van der Waals surface area contributed by atoms with Crippen LogP contribution >= 0.6 is 11.6 Å². The average molecular weight is 206 g/mol. The van der Waals surface area contributed by atoms with Crippen molar-refractivity contribution in [2.45, 2.75) is 33.7 Å². The van der Waals surface area contributed by atoms with Crippen LogP contribution in [0, 0.1) is 11.8 Å². The Morgan fingerprint density at radius 1 is 1.31 bits per heavy atom. The third-order valence-electron chi connectivity index (χ3n) is 2.58. The van der Waals surface area contributed by atoms with Crippen LogP contribution in [0.3, 0.4) is 0 Å². The summed E-state index contributed by atoms with van der Waals surface area (Å²) in [5, 5.41) is 0. The van der Waals surface area contributed by atoms with E-state index in [1.165, 1.54) is 0 Å². The predicted molar refractivity (Wildman–Crippen MR) is 57.0 cm³/mol. The van der Waals surface area contributed by atoms with Crippen molar-refractivity contribution < 1.29 is 4.79 Å². The fourth-order valence-electron chi connectivity index (χ4n) is 1.06. The molecule has 0 radical (unpaired) electrons. The SMILES string of the molecule is CC(CCl)C(=O)N(C)C(C)C(C)C. The normalized spacial score (nSPS) is 15.6. The minimum absolute atomic E-state index is 0.0760. The van der Waals surface area contributed by atoms with Gasteiger partial charge in [0.1, 0.15) is 0 Å². The lowest BCUT2D eigenvalue weighted by Gasteiger charge is -2.29. The third kappa shape index (κ3) is 3.55. The van der Waals surface area contributed by atoms with Crippen LogP contribution in [0.15, 0.2) is 0 Å². The Morgan fingerprint density at radius 2 is 1.77 bits per heavy atom. The van der Waals surface area contributed by atoms with Crippen molar-refractivity contribution in [2.75, 3.05) is 12.9 Å². The van der Waals surface area contributed by atoms with Gasteiger partial charge in [0, 0.05) is 24.9 Å². The molecule has 2 nitrogen and oxygen atoms in total. The summed E-state index contributed by atoms with van der Waals surface area (Å²) in [7, 11) is 1.84. The van der Waals surface area contributed by atoms with Crippen molar-refractivity contribution in [2.24, 2.45) is 11.8 Å².